The molecular weight excluding hydrogens is 449 g/mol. The predicted molar refractivity (Wildman–Crippen MR) is 115 cm³/mol. The van der Waals surface area contributed by atoms with E-state index in [1.165, 1.54) is 22.5 Å². The maximum absolute atomic E-state index is 13.5. The largest absolute Gasteiger partial charge is 0.416 e. The van der Waals surface area contributed by atoms with E-state index >= 15 is 0 Å². The molecule has 0 amide bonds. The summed E-state index contributed by atoms with van der Waals surface area (Å²) in [6.45, 7) is 5.83. The van der Waals surface area contributed by atoms with Crippen LogP contribution in [0.3, 0.4) is 0 Å². The highest BCUT2D eigenvalue weighted by Crippen LogP contribution is 2.50. The zero-order valence-corrected chi connectivity index (χ0v) is 18.3. The van der Waals surface area contributed by atoms with E-state index in [4.69, 9.17) is 11.6 Å². The molecule has 1 saturated heterocycles. The highest BCUT2D eigenvalue weighted by atomic mass is 35.5. The van der Waals surface area contributed by atoms with Crippen LogP contribution in [-0.4, -0.2) is 39.5 Å². The zero-order valence-electron chi connectivity index (χ0n) is 16.7. The Balaban J connectivity index is 1.81. The molecule has 4 rings (SSSR count). The fraction of sp³-hybridized carbons (Fsp3) is 0.364. The normalized spacial score (nSPS) is 18.9. The minimum atomic E-state index is -4.51. The van der Waals surface area contributed by atoms with Crippen LogP contribution in [0.1, 0.15) is 24.0 Å². The molecule has 1 fully saturated rings. The van der Waals surface area contributed by atoms with Crippen molar-refractivity contribution in [3.8, 4) is 0 Å². The molecule has 0 radical (unpaired) electrons. The number of alkyl halides is 3. The lowest BCUT2D eigenvalue weighted by molar-refractivity contribution is -0.137. The summed E-state index contributed by atoms with van der Waals surface area (Å²) in [5.74, 6) is 0. The van der Waals surface area contributed by atoms with E-state index in [2.05, 4.69) is 11.5 Å². The molecule has 31 heavy (non-hydrogen) atoms. The zero-order chi connectivity index (χ0) is 22.4. The molecule has 0 unspecified atom stereocenters. The Hall–Kier alpha value is -2.03. The highest BCUT2D eigenvalue weighted by molar-refractivity contribution is 7.93. The molecule has 0 aliphatic carbocycles. The number of anilines is 1. The summed E-state index contributed by atoms with van der Waals surface area (Å²) in [4.78, 5) is 2.11. The number of nitrogens with zero attached hydrogens (tertiary/aromatic N) is 2. The van der Waals surface area contributed by atoms with E-state index < -0.39 is 27.2 Å². The maximum Gasteiger partial charge on any atom is 0.416 e. The van der Waals surface area contributed by atoms with Crippen molar-refractivity contribution in [3.05, 3.63) is 71.3 Å². The van der Waals surface area contributed by atoms with Gasteiger partial charge in [0.1, 0.15) is 4.90 Å². The van der Waals surface area contributed by atoms with Gasteiger partial charge in [-0.25, -0.2) is 8.42 Å². The highest BCUT2D eigenvalue weighted by Gasteiger charge is 2.49. The van der Waals surface area contributed by atoms with E-state index in [1.54, 1.807) is 18.2 Å². The first-order valence-corrected chi connectivity index (χ1v) is 11.7. The Labute approximate surface area is 185 Å². The van der Waals surface area contributed by atoms with E-state index in [1.807, 2.05) is 0 Å². The van der Waals surface area contributed by atoms with Crippen LogP contribution < -0.4 is 4.31 Å². The molecule has 1 spiro atoms. The lowest BCUT2D eigenvalue weighted by Gasteiger charge is -2.39. The summed E-state index contributed by atoms with van der Waals surface area (Å²) in [7, 11) is -4.04. The predicted octanol–water partition coefficient (Wildman–Crippen LogP) is 5.09. The lowest BCUT2D eigenvalue weighted by Crippen LogP contribution is -2.46. The van der Waals surface area contributed by atoms with Crippen LogP contribution in [0.25, 0.3) is 0 Å². The SMILES string of the molecule is C=CCN1CCC2(CC1)CN(S(=O)(=O)c1ccccc1Cl)c1ccc(C(F)(F)F)cc12. The van der Waals surface area contributed by atoms with Gasteiger partial charge in [0.25, 0.3) is 10.0 Å². The molecule has 166 valence electrons. The van der Waals surface area contributed by atoms with Crippen molar-refractivity contribution >= 4 is 27.3 Å². The molecule has 2 heterocycles. The van der Waals surface area contributed by atoms with Crippen molar-refractivity contribution in [1.82, 2.24) is 4.90 Å². The fourth-order valence-electron chi connectivity index (χ4n) is 4.56. The first kappa shape index (κ1) is 22.2. The van der Waals surface area contributed by atoms with Crippen LogP contribution in [-0.2, 0) is 21.6 Å². The Morgan fingerprint density at radius 2 is 1.81 bits per heavy atom. The summed E-state index contributed by atoms with van der Waals surface area (Å²) >= 11 is 6.16. The number of hydrogen-bond donors (Lipinski definition) is 0. The third-order valence-electron chi connectivity index (χ3n) is 6.22. The number of piperidine rings is 1. The van der Waals surface area contributed by atoms with Crippen molar-refractivity contribution in [2.75, 3.05) is 30.5 Å². The van der Waals surface area contributed by atoms with Crippen molar-refractivity contribution < 1.29 is 21.6 Å². The third-order valence-corrected chi connectivity index (χ3v) is 8.47. The van der Waals surface area contributed by atoms with E-state index in [-0.39, 0.29) is 16.5 Å². The lowest BCUT2D eigenvalue weighted by atomic mass is 9.74. The van der Waals surface area contributed by atoms with Gasteiger partial charge < -0.3 is 0 Å². The van der Waals surface area contributed by atoms with Crippen LogP contribution in [0.4, 0.5) is 18.9 Å². The van der Waals surface area contributed by atoms with Crippen LogP contribution in [0.2, 0.25) is 5.02 Å². The Morgan fingerprint density at radius 1 is 1.13 bits per heavy atom. The molecule has 2 aliphatic rings. The summed E-state index contributed by atoms with van der Waals surface area (Å²) in [5.41, 5.74) is -0.708. The first-order chi connectivity index (χ1) is 14.6. The average Bonchev–Trinajstić information content (AvgIpc) is 3.04. The van der Waals surface area contributed by atoms with Crippen LogP contribution in [0, 0.1) is 0 Å². The average molecular weight is 471 g/mol. The standard InChI is InChI=1S/C22H22ClF3N2O2S/c1-2-11-27-12-9-21(10-13-27)15-28(31(29,30)20-6-4-3-5-18(20)23)19-8-7-16(14-17(19)21)22(24,25)26/h2-8,14H,1,9-13,15H2. The van der Waals surface area contributed by atoms with Gasteiger partial charge in [-0.2, -0.15) is 13.2 Å². The van der Waals surface area contributed by atoms with E-state index in [9.17, 15) is 21.6 Å². The molecule has 2 aliphatic heterocycles. The van der Waals surface area contributed by atoms with Gasteiger partial charge in [-0.05, 0) is 61.8 Å². The number of benzene rings is 2. The van der Waals surface area contributed by atoms with Gasteiger partial charge in [0.2, 0.25) is 0 Å². The molecule has 2 aromatic carbocycles. The molecule has 9 heteroatoms. The van der Waals surface area contributed by atoms with Gasteiger partial charge in [0, 0.05) is 18.5 Å². The van der Waals surface area contributed by atoms with Crippen LogP contribution in [0.5, 0.6) is 0 Å². The second-order valence-electron chi connectivity index (χ2n) is 8.04. The second-order valence-corrected chi connectivity index (χ2v) is 10.3. The van der Waals surface area contributed by atoms with Crippen molar-refractivity contribution in [2.45, 2.75) is 29.3 Å². The first-order valence-electron chi connectivity index (χ1n) is 9.91. The minimum Gasteiger partial charge on any atom is -0.300 e. The molecule has 0 atom stereocenters. The van der Waals surface area contributed by atoms with Gasteiger partial charge in [-0.3, -0.25) is 9.21 Å². The monoisotopic (exact) mass is 470 g/mol. The number of halogens is 4. The van der Waals surface area contributed by atoms with Gasteiger partial charge in [0.05, 0.1) is 16.3 Å². The maximum atomic E-state index is 13.5. The van der Waals surface area contributed by atoms with Gasteiger partial charge in [-0.15, -0.1) is 6.58 Å². The smallest absolute Gasteiger partial charge is 0.300 e. The number of hydrogen-bond acceptors (Lipinski definition) is 3. The third kappa shape index (κ3) is 3.85. The number of likely N-dealkylation sites (tertiary alicyclic amines) is 1. The molecule has 0 aromatic heterocycles. The minimum absolute atomic E-state index is 0.0522. The second kappa shape index (κ2) is 7.83. The number of fused-ring (bicyclic) bond motifs is 2. The Morgan fingerprint density at radius 3 is 2.42 bits per heavy atom. The summed E-state index contributed by atoms with van der Waals surface area (Å²) in [5, 5.41) is 0.0812. The Bertz CT molecular complexity index is 1110. The molecule has 0 saturated carbocycles. The molecule has 4 nitrogen and oxygen atoms in total. The van der Waals surface area contributed by atoms with Crippen molar-refractivity contribution in [2.24, 2.45) is 0 Å². The molecule has 0 bridgehead atoms. The van der Waals surface area contributed by atoms with Crippen molar-refractivity contribution in [3.63, 3.8) is 0 Å². The summed E-state index contributed by atoms with van der Waals surface area (Å²) in [6.07, 6.45) is -1.60. The summed E-state index contributed by atoms with van der Waals surface area (Å²) < 4.78 is 68.6. The van der Waals surface area contributed by atoms with Gasteiger partial charge >= 0.3 is 6.18 Å². The van der Waals surface area contributed by atoms with Gasteiger partial charge in [-0.1, -0.05) is 29.8 Å². The Kier molecular flexibility index (Phi) is 5.60. The fourth-order valence-corrected chi connectivity index (χ4v) is 6.63. The van der Waals surface area contributed by atoms with Crippen LogP contribution in [0.15, 0.2) is 60.0 Å². The van der Waals surface area contributed by atoms with E-state index in [0.717, 1.165) is 12.1 Å². The topological polar surface area (TPSA) is 40.6 Å². The molecular formula is C22H22ClF3N2O2S. The number of rotatable bonds is 4. The van der Waals surface area contributed by atoms with Crippen LogP contribution >= 0.6 is 11.6 Å². The number of sulfonamides is 1. The quantitative estimate of drug-likeness (QED) is 0.584. The molecule has 2 aromatic rings. The summed E-state index contributed by atoms with van der Waals surface area (Å²) in [6, 6.07) is 9.45. The van der Waals surface area contributed by atoms with Crippen molar-refractivity contribution in [1.29, 1.82) is 0 Å². The molecule has 0 N–H and O–H groups in total. The van der Waals surface area contributed by atoms with E-state index in [0.29, 0.717) is 43.7 Å². The van der Waals surface area contributed by atoms with Gasteiger partial charge in [0.15, 0.2) is 0 Å².